The Morgan fingerprint density at radius 1 is 1.18 bits per heavy atom. The number of aromatic nitrogens is 3. The van der Waals surface area contributed by atoms with Crippen LogP contribution < -0.4 is 5.56 Å². The van der Waals surface area contributed by atoms with Gasteiger partial charge in [0, 0.05) is 55.2 Å². The Labute approximate surface area is 192 Å². The average molecular weight is 445 g/mol. The number of carbonyl (C=O) groups excluding carboxylic acids is 2. The Morgan fingerprint density at radius 3 is 2.64 bits per heavy atom. The van der Waals surface area contributed by atoms with Crippen molar-refractivity contribution < 1.29 is 9.59 Å². The van der Waals surface area contributed by atoms with Gasteiger partial charge in [0.25, 0.3) is 11.5 Å². The fourth-order valence-electron chi connectivity index (χ4n) is 4.33. The van der Waals surface area contributed by atoms with E-state index in [9.17, 15) is 14.4 Å². The lowest BCUT2D eigenvalue weighted by Crippen LogP contribution is -2.29. The summed E-state index contributed by atoms with van der Waals surface area (Å²) in [6.45, 7) is 8.75. The number of rotatable bonds is 7. The molecule has 0 radical (unpaired) electrons. The Hall–Kier alpha value is -3.61. The highest BCUT2D eigenvalue weighted by Crippen LogP contribution is 2.23. The molecule has 0 saturated carbocycles. The van der Waals surface area contributed by atoms with E-state index < -0.39 is 0 Å². The van der Waals surface area contributed by atoms with Gasteiger partial charge >= 0.3 is 0 Å². The minimum Gasteiger partial charge on any atom is -0.338 e. The molecule has 170 valence electrons. The summed E-state index contributed by atoms with van der Waals surface area (Å²) in [7, 11) is 0. The second-order valence-electron chi connectivity index (χ2n) is 8.85. The van der Waals surface area contributed by atoms with Crippen LogP contribution in [-0.2, 0) is 17.6 Å². The van der Waals surface area contributed by atoms with E-state index in [1.807, 2.05) is 30.9 Å². The second kappa shape index (κ2) is 9.48. The van der Waals surface area contributed by atoms with Crippen molar-refractivity contribution >= 4 is 22.7 Å². The maximum atomic E-state index is 12.9. The summed E-state index contributed by atoms with van der Waals surface area (Å²) in [6, 6.07) is 10.5. The molecule has 1 fully saturated rings. The van der Waals surface area contributed by atoms with Crippen LogP contribution in [0.2, 0.25) is 0 Å². The summed E-state index contributed by atoms with van der Waals surface area (Å²) >= 11 is 0. The van der Waals surface area contributed by atoms with Gasteiger partial charge in [0.05, 0.1) is 0 Å². The highest BCUT2D eigenvalue weighted by Gasteiger charge is 2.28. The van der Waals surface area contributed by atoms with E-state index in [2.05, 4.69) is 11.6 Å². The molecule has 1 aliphatic rings. The summed E-state index contributed by atoms with van der Waals surface area (Å²) in [5, 5.41) is 0.841. The van der Waals surface area contributed by atoms with Crippen molar-refractivity contribution in [3.05, 3.63) is 82.6 Å². The number of nitrogens with zero attached hydrogens (tertiary/aromatic N) is 4. The first kappa shape index (κ1) is 22.6. The molecule has 4 rings (SSSR count). The zero-order valence-corrected chi connectivity index (χ0v) is 19.0. The molecule has 33 heavy (non-hydrogen) atoms. The first-order chi connectivity index (χ1) is 15.9. The standard InChI is InChI=1S/C26H28N4O3/c1-4-22(31)13-18-5-7-20(8-6-18)26(33)29-12-11-19(16-29)14-23-27-15-21-9-10-24(32)30(17(2)3)25(21)28-23/h4-10,15,17,19H,1,11-14,16H2,2-3H3/t19-/m0/s1. The number of hydrogen-bond acceptors (Lipinski definition) is 5. The van der Waals surface area contributed by atoms with Crippen molar-refractivity contribution in [1.29, 1.82) is 0 Å². The molecule has 0 spiro atoms. The van der Waals surface area contributed by atoms with Gasteiger partial charge in [0.1, 0.15) is 11.5 Å². The molecule has 0 bridgehead atoms. The Balaban J connectivity index is 1.44. The van der Waals surface area contributed by atoms with Crippen molar-refractivity contribution in [3.8, 4) is 0 Å². The van der Waals surface area contributed by atoms with E-state index >= 15 is 0 Å². The van der Waals surface area contributed by atoms with Crippen LogP contribution >= 0.6 is 0 Å². The zero-order chi connectivity index (χ0) is 23.5. The molecular weight excluding hydrogens is 416 g/mol. The van der Waals surface area contributed by atoms with E-state index in [0.29, 0.717) is 43.0 Å². The quantitative estimate of drug-likeness (QED) is 0.522. The third-order valence-electron chi connectivity index (χ3n) is 6.08. The molecule has 0 unspecified atom stereocenters. The molecule has 7 nitrogen and oxygen atoms in total. The molecule has 0 N–H and O–H groups in total. The number of benzene rings is 1. The van der Waals surface area contributed by atoms with Gasteiger partial charge in [-0.05, 0) is 56.0 Å². The molecule has 3 aromatic rings. The number of ketones is 1. The number of pyridine rings is 1. The summed E-state index contributed by atoms with van der Waals surface area (Å²) in [4.78, 5) is 47.8. The lowest BCUT2D eigenvalue weighted by molar-refractivity contribution is -0.114. The summed E-state index contributed by atoms with van der Waals surface area (Å²) in [6.07, 6.45) is 4.91. The van der Waals surface area contributed by atoms with Crippen LogP contribution in [0.5, 0.6) is 0 Å². The van der Waals surface area contributed by atoms with Gasteiger partial charge in [-0.3, -0.25) is 19.0 Å². The predicted octanol–water partition coefficient (Wildman–Crippen LogP) is 3.37. The number of carbonyl (C=O) groups is 2. The average Bonchev–Trinajstić information content (AvgIpc) is 3.27. The van der Waals surface area contributed by atoms with Crippen LogP contribution in [0.4, 0.5) is 0 Å². The lowest BCUT2D eigenvalue weighted by atomic mass is 10.0. The van der Waals surface area contributed by atoms with Crippen LogP contribution in [0.3, 0.4) is 0 Å². The van der Waals surface area contributed by atoms with Gasteiger partial charge in [0.15, 0.2) is 5.78 Å². The van der Waals surface area contributed by atoms with Crippen molar-refractivity contribution in [2.75, 3.05) is 13.1 Å². The van der Waals surface area contributed by atoms with Gasteiger partial charge in [0.2, 0.25) is 0 Å². The minimum atomic E-state index is -0.0698. The fraction of sp³-hybridized carbons (Fsp3) is 0.346. The largest absolute Gasteiger partial charge is 0.338 e. The predicted molar refractivity (Wildman–Crippen MR) is 127 cm³/mol. The Bertz CT molecular complexity index is 1260. The molecule has 3 heterocycles. The highest BCUT2D eigenvalue weighted by molar-refractivity contribution is 5.95. The fourth-order valence-corrected chi connectivity index (χ4v) is 4.33. The molecule has 1 aromatic carbocycles. The van der Waals surface area contributed by atoms with Gasteiger partial charge in [-0.2, -0.15) is 0 Å². The summed E-state index contributed by atoms with van der Waals surface area (Å²) in [5.41, 5.74) is 2.07. The van der Waals surface area contributed by atoms with Crippen molar-refractivity contribution in [1.82, 2.24) is 19.4 Å². The summed E-state index contributed by atoms with van der Waals surface area (Å²) in [5.74, 6) is 0.904. The first-order valence-electron chi connectivity index (χ1n) is 11.3. The number of hydrogen-bond donors (Lipinski definition) is 0. The maximum Gasteiger partial charge on any atom is 0.253 e. The summed E-state index contributed by atoms with van der Waals surface area (Å²) < 4.78 is 1.69. The SMILES string of the molecule is C=CC(=O)Cc1ccc(C(=O)N2CC[C@@H](Cc3ncc4ccc(=O)n(C(C)C)c4n3)C2)cc1. The van der Waals surface area contributed by atoms with E-state index in [0.717, 1.165) is 17.4 Å². The number of amides is 1. The number of fused-ring (bicyclic) bond motifs is 1. The first-order valence-corrected chi connectivity index (χ1v) is 11.3. The zero-order valence-electron chi connectivity index (χ0n) is 19.0. The van der Waals surface area contributed by atoms with Crippen LogP contribution in [-0.4, -0.2) is 44.2 Å². The third kappa shape index (κ3) is 4.92. The van der Waals surface area contributed by atoms with Crippen LogP contribution in [0.25, 0.3) is 11.0 Å². The molecule has 7 heteroatoms. The van der Waals surface area contributed by atoms with Crippen molar-refractivity contribution in [2.45, 2.75) is 39.2 Å². The molecule has 1 saturated heterocycles. The molecule has 1 aliphatic heterocycles. The molecule has 0 aliphatic carbocycles. The van der Waals surface area contributed by atoms with Crippen LogP contribution in [0.15, 0.2) is 60.0 Å². The maximum absolute atomic E-state index is 12.9. The molecule has 1 amide bonds. The van der Waals surface area contributed by atoms with Crippen molar-refractivity contribution in [3.63, 3.8) is 0 Å². The van der Waals surface area contributed by atoms with E-state index in [-0.39, 0.29) is 29.2 Å². The molecule has 2 aromatic heterocycles. The normalized spacial score (nSPS) is 15.8. The molecular formula is C26H28N4O3. The lowest BCUT2D eigenvalue weighted by Gasteiger charge is -2.17. The van der Waals surface area contributed by atoms with Gasteiger partial charge in [-0.1, -0.05) is 18.7 Å². The Morgan fingerprint density at radius 2 is 1.94 bits per heavy atom. The van der Waals surface area contributed by atoms with Crippen LogP contribution in [0, 0.1) is 5.92 Å². The van der Waals surface area contributed by atoms with Gasteiger partial charge in [-0.15, -0.1) is 0 Å². The second-order valence-corrected chi connectivity index (χ2v) is 8.85. The van der Waals surface area contributed by atoms with Gasteiger partial charge < -0.3 is 4.90 Å². The highest BCUT2D eigenvalue weighted by atomic mass is 16.2. The van der Waals surface area contributed by atoms with E-state index in [1.54, 1.807) is 35.0 Å². The van der Waals surface area contributed by atoms with Crippen LogP contribution in [0.1, 0.15) is 48.1 Å². The van der Waals surface area contributed by atoms with E-state index in [4.69, 9.17) is 4.98 Å². The topological polar surface area (TPSA) is 85.2 Å². The Kier molecular flexibility index (Phi) is 6.49. The monoisotopic (exact) mass is 444 g/mol. The smallest absolute Gasteiger partial charge is 0.253 e. The number of allylic oxidation sites excluding steroid dienone is 1. The third-order valence-corrected chi connectivity index (χ3v) is 6.08. The van der Waals surface area contributed by atoms with Crippen molar-refractivity contribution in [2.24, 2.45) is 5.92 Å². The number of likely N-dealkylation sites (tertiary alicyclic amines) is 1. The molecule has 1 atom stereocenters. The minimum absolute atomic E-state index is 0.00447. The van der Waals surface area contributed by atoms with E-state index in [1.165, 1.54) is 6.08 Å². The van der Waals surface area contributed by atoms with Gasteiger partial charge in [-0.25, -0.2) is 9.97 Å².